The van der Waals surface area contributed by atoms with Crippen molar-refractivity contribution >= 4 is 10.8 Å². The molecule has 0 aliphatic heterocycles. The Morgan fingerprint density at radius 3 is 2.79 bits per heavy atom. The van der Waals surface area contributed by atoms with Gasteiger partial charge in [-0.1, -0.05) is 24.3 Å². The molecule has 14 heavy (non-hydrogen) atoms. The molecule has 2 heteroatoms. The zero-order valence-corrected chi connectivity index (χ0v) is 8.49. The molecule has 2 aromatic rings. The normalized spacial score (nSPS) is 13.0. The SMILES string of the molecule is CN[C@@H](C)c1cncc2ccccc12. The lowest BCUT2D eigenvalue weighted by molar-refractivity contribution is 0.655. The van der Waals surface area contributed by atoms with E-state index in [1.807, 2.05) is 25.5 Å². The van der Waals surface area contributed by atoms with Crippen molar-refractivity contribution in [2.75, 3.05) is 7.05 Å². The summed E-state index contributed by atoms with van der Waals surface area (Å²) in [5.41, 5.74) is 1.26. The number of rotatable bonds is 2. The Kier molecular flexibility index (Phi) is 2.46. The number of hydrogen-bond donors (Lipinski definition) is 1. The van der Waals surface area contributed by atoms with Gasteiger partial charge in [0.1, 0.15) is 0 Å². The number of hydrogen-bond acceptors (Lipinski definition) is 2. The first kappa shape index (κ1) is 9.16. The van der Waals surface area contributed by atoms with E-state index in [2.05, 4.69) is 35.4 Å². The second-order valence-corrected chi connectivity index (χ2v) is 3.46. The quantitative estimate of drug-likeness (QED) is 0.779. The summed E-state index contributed by atoms with van der Waals surface area (Å²) in [7, 11) is 1.96. The van der Waals surface area contributed by atoms with Crippen LogP contribution in [-0.4, -0.2) is 12.0 Å². The maximum Gasteiger partial charge on any atom is 0.0346 e. The van der Waals surface area contributed by atoms with Crippen LogP contribution >= 0.6 is 0 Å². The number of aromatic nitrogens is 1. The highest BCUT2D eigenvalue weighted by Gasteiger charge is 2.06. The molecule has 0 radical (unpaired) electrons. The van der Waals surface area contributed by atoms with Crippen LogP contribution in [0.1, 0.15) is 18.5 Å². The fourth-order valence-corrected chi connectivity index (χ4v) is 1.64. The molecule has 0 saturated carbocycles. The molecule has 2 rings (SSSR count). The number of nitrogens with zero attached hydrogens (tertiary/aromatic N) is 1. The second kappa shape index (κ2) is 3.76. The minimum absolute atomic E-state index is 0.341. The minimum Gasteiger partial charge on any atom is -0.313 e. The third kappa shape index (κ3) is 1.49. The molecular formula is C12H14N2. The van der Waals surface area contributed by atoms with Crippen LogP contribution in [0.15, 0.2) is 36.7 Å². The summed E-state index contributed by atoms with van der Waals surface area (Å²) in [6.45, 7) is 2.14. The van der Waals surface area contributed by atoms with Gasteiger partial charge in [-0.15, -0.1) is 0 Å². The first-order chi connectivity index (χ1) is 6.83. The molecule has 0 aliphatic rings. The van der Waals surface area contributed by atoms with Gasteiger partial charge in [-0.3, -0.25) is 4.98 Å². The summed E-state index contributed by atoms with van der Waals surface area (Å²) in [5.74, 6) is 0. The van der Waals surface area contributed by atoms with Gasteiger partial charge in [0.2, 0.25) is 0 Å². The van der Waals surface area contributed by atoms with Crippen LogP contribution in [0, 0.1) is 0 Å². The average molecular weight is 186 g/mol. The summed E-state index contributed by atoms with van der Waals surface area (Å²) in [6.07, 6.45) is 3.84. The molecule has 1 N–H and O–H groups in total. The van der Waals surface area contributed by atoms with Gasteiger partial charge in [0, 0.05) is 23.8 Å². The van der Waals surface area contributed by atoms with Crippen molar-refractivity contribution < 1.29 is 0 Å². The smallest absolute Gasteiger partial charge is 0.0346 e. The summed E-state index contributed by atoms with van der Waals surface area (Å²) < 4.78 is 0. The lowest BCUT2D eigenvalue weighted by Gasteiger charge is -2.12. The van der Waals surface area contributed by atoms with Gasteiger partial charge in [0.15, 0.2) is 0 Å². The number of pyridine rings is 1. The molecular weight excluding hydrogens is 172 g/mol. The Labute approximate surface area is 84.0 Å². The van der Waals surface area contributed by atoms with Gasteiger partial charge >= 0.3 is 0 Å². The zero-order valence-electron chi connectivity index (χ0n) is 8.49. The van der Waals surface area contributed by atoms with Gasteiger partial charge in [0.25, 0.3) is 0 Å². The largest absolute Gasteiger partial charge is 0.313 e. The Bertz CT molecular complexity index is 432. The predicted octanol–water partition coefficient (Wildman–Crippen LogP) is 2.52. The molecule has 1 aromatic heterocycles. The van der Waals surface area contributed by atoms with Gasteiger partial charge in [-0.2, -0.15) is 0 Å². The highest BCUT2D eigenvalue weighted by Crippen LogP contribution is 2.22. The van der Waals surface area contributed by atoms with E-state index in [1.54, 1.807) is 0 Å². The van der Waals surface area contributed by atoms with E-state index in [0.717, 1.165) is 0 Å². The summed E-state index contributed by atoms with van der Waals surface area (Å²) in [5, 5.41) is 5.72. The topological polar surface area (TPSA) is 24.9 Å². The lowest BCUT2D eigenvalue weighted by Crippen LogP contribution is -2.12. The number of fused-ring (bicyclic) bond motifs is 1. The van der Waals surface area contributed by atoms with Crippen LogP contribution in [0.5, 0.6) is 0 Å². The van der Waals surface area contributed by atoms with Crippen LogP contribution in [0.3, 0.4) is 0 Å². The third-order valence-electron chi connectivity index (χ3n) is 2.60. The van der Waals surface area contributed by atoms with Gasteiger partial charge in [0.05, 0.1) is 0 Å². The fraction of sp³-hybridized carbons (Fsp3) is 0.250. The van der Waals surface area contributed by atoms with Crippen LogP contribution in [0.2, 0.25) is 0 Å². The zero-order chi connectivity index (χ0) is 9.97. The average Bonchev–Trinajstić information content (AvgIpc) is 2.27. The van der Waals surface area contributed by atoms with Crippen molar-refractivity contribution in [2.24, 2.45) is 0 Å². The van der Waals surface area contributed by atoms with Crippen molar-refractivity contribution in [3.05, 3.63) is 42.2 Å². The summed E-state index contributed by atoms with van der Waals surface area (Å²) in [6, 6.07) is 8.68. The molecule has 0 bridgehead atoms. The van der Waals surface area contributed by atoms with Gasteiger partial charge in [-0.25, -0.2) is 0 Å². The van der Waals surface area contributed by atoms with Crippen LogP contribution in [0.25, 0.3) is 10.8 Å². The van der Waals surface area contributed by atoms with E-state index in [1.165, 1.54) is 16.3 Å². The summed E-state index contributed by atoms with van der Waals surface area (Å²) >= 11 is 0. The maximum absolute atomic E-state index is 4.24. The fourth-order valence-electron chi connectivity index (χ4n) is 1.64. The van der Waals surface area contributed by atoms with E-state index in [4.69, 9.17) is 0 Å². The molecule has 0 fully saturated rings. The van der Waals surface area contributed by atoms with E-state index < -0.39 is 0 Å². The van der Waals surface area contributed by atoms with Crippen molar-refractivity contribution in [1.29, 1.82) is 0 Å². The number of nitrogens with one attached hydrogen (secondary N) is 1. The highest BCUT2D eigenvalue weighted by atomic mass is 14.9. The molecule has 0 unspecified atom stereocenters. The molecule has 2 nitrogen and oxygen atoms in total. The van der Waals surface area contributed by atoms with E-state index in [9.17, 15) is 0 Å². The minimum atomic E-state index is 0.341. The molecule has 0 amide bonds. The van der Waals surface area contributed by atoms with Crippen LogP contribution in [-0.2, 0) is 0 Å². The highest BCUT2D eigenvalue weighted by molar-refractivity contribution is 5.84. The summed E-state index contributed by atoms with van der Waals surface area (Å²) in [4.78, 5) is 4.24. The van der Waals surface area contributed by atoms with Gasteiger partial charge in [-0.05, 0) is 24.9 Å². The van der Waals surface area contributed by atoms with Crippen molar-refractivity contribution in [3.8, 4) is 0 Å². The molecule has 1 heterocycles. The first-order valence-electron chi connectivity index (χ1n) is 4.83. The van der Waals surface area contributed by atoms with E-state index in [0.29, 0.717) is 6.04 Å². The standard InChI is InChI=1S/C12H14N2/c1-9(13-2)12-8-14-7-10-5-3-4-6-11(10)12/h3-9,13H,1-2H3/t9-/m0/s1. The van der Waals surface area contributed by atoms with E-state index in [-0.39, 0.29) is 0 Å². The third-order valence-corrected chi connectivity index (χ3v) is 2.60. The lowest BCUT2D eigenvalue weighted by atomic mass is 10.0. The van der Waals surface area contributed by atoms with Gasteiger partial charge < -0.3 is 5.32 Å². The van der Waals surface area contributed by atoms with Crippen LogP contribution in [0.4, 0.5) is 0 Å². The molecule has 0 aliphatic carbocycles. The molecule has 1 atom stereocenters. The molecule has 1 aromatic carbocycles. The predicted molar refractivity (Wildman–Crippen MR) is 59.2 cm³/mol. The van der Waals surface area contributed by atoms with Crippen LogP contribution < -0.4 is 5.32 Å². The Morgan fingerprint density at radius 1 is 1.21 bits per heavy atom. The van der Waals surface area contributed by atoms with Crippen molar-refractivity contribution in [3.63, 3.8) is 0 Å². The van der Waals surface area contributed by atoms with E-state index >= 15 is 0 Å². The Balaban J connectivity index is 2.65. The monoisotopic (exact) mass is 186 g/mol. The Morgan fingerprint density at radius 2 is 2.00 bits per heavy atom. The van der Waals surface area contributed by atoms with Crippen molar-refractivity contribution in [1.82, 2.24) is 10.3 Å². The van der Waals surface area contributed by atoms with Crippen molar-refractivity contribution in [2.45, 2.75) is 13.0 Å². The first-order valence-corrected chi connectivity index (χ1v) is 4.83. The molecule has 0 saturated heterocycles. The Hall–Kier alpha value is -1.41. The molecule has 0 spiro atoms. The number of benzene rings is 1. The maximum atomic E-state index is 4.24. The second-order valence-electron chi connectivity index (χ2n) is 3.46. The molecule has 72 valence electrons.